The summed E-state index contributed by atoms with van der Waals surface area (Å²) in [5.74, 6) is -0.0550. The molecule has 3 heterocycles. The van der Waals surface area contributed by atoms with Crippen LogP contribution < -0.4 is 10.9 Å². The zero-order valence-electron chi connectivity index (χ0n) is 13.5. The van der Waals surface area contributed by atoms with Gasteiger partial charge in [-0.25, -0.2) is 9.36 Å². The summed E-state index contributed by atoms with van der Waals surface area (Å²) < 4.78 is 2.71. The van der Waals surface area contributed by atoms with Crippen LogP contribution >= 0.6 is 0 Å². The maximum Gasteiger partial charge on any atom is 0.267 e. The minimum Gasteiger partial charge on any atom is -0.353 e. The molecular weight excluding hydrogens is 312 g/mol. The molecule has 2 aromatic rings. The maximum absolute atomic E-state index is 12.3. The lowest BCUT2D eigenvalue weighted by molar-refractivity contribution is -0.138. The minimum absolute atomic E-state index is 0.00470. The Labute approximate surface area is 137 Å². The van der Waals surface area contributed by atoms with Gasteiger partial charge in [0.25, 0.3) is 5.56 Å². The summed E-state index contributed by atoms with van der Waals surface area (Å²) in [6, 6.07) is 4.82. The summed E-state index contributed by atoms with van der Waals surface area (Å²) in [6.07, 6.45) is 0. The van der Waals surface area contributed by atoms with Crippen LogP contribution in [0.2, 0.25) is 0 Å². The molecule has 1 N–H and O–H groups in total. The van der Waals surface area contributed by atoms with Crippen molar-refractivity contribution in [2.45, 2.75) is 20.4 Å². The minimum atomic E-state index is -0.380. The second-order valence-corrected chi connectivity index (χ2v) is 5.69. The van der Waals surface area contributed by atoms with E-state index in [1.165, 1.54) is 11.0 Å². The van der Waals surface area contributed by atoms with E-state index in [0.717, 1.165) is 16.1 Å². The van der Waals surface area contributed by atoms with E-state index in [-0.39, 0.29) is 30.5 Å². The van der Waals surface area contributed by atoms with Gasteiger partial charge in [0.1, 0.15) is 6.54 Å². The number of aromatic nitrogens is 4. The van der Waals surface area contributed by atoms with Crippen molar-refractivity contribution >= 4 is 11.8 Å². The highest BCUT2D eigenvalue weighted by Gasteiger charge is 2.22. The second-order valence-electron chi connectivity index (χ2n) is 5.69. The van der Waals surface area contributed by atoms with Crippen molar-refractivity contribution in [1.82, 2.24) is 29.8 Å². The van der Waals surface area contributed by atoms with Gasteiger partial charge >= 0.3 is 0 Å². The van der Waals surface area contributed by atoms with Crippen LogP contribution in [-0.2, 0) is 16.1 Å². The van der Waals surface area contributed by atoms with Crippen LogP contribution in [0.5, 0.6) is 0 Å². The third-order valence-corrected chi connectivity index (χ3v) is 3.76. The zero-order valence-corrected chi connectivity index (χ0v) is 13.5. The van der Waals surface area contributed by atoms with Crippen molar-refractivity contribution in [2.75, 3.05) is 19.6 Å². The number of aryl methyl sites for hydroxylation is 2. The van der Waals surface area contributed by atoms with Crippen LogP contribution in [0.3, 0.4) is 0 Å². The van der Waals surface area contributed by atoms with Gasteiger partial charge in [0.15, 0.2) is 5.82 Å². The Morgan fingerprint density at radius 2 is 2.04 bits per heavy atom. The van der Waals surface area contributed by atoms with Crippen LogP contribution in [0.1, 0.15) is 11.4 Å². The van der Waals surface area contributed by atoms with Gasteiger partial charge in [-0.1, -0.05) is 0 Å². The maximum atomic E-state index is 12.3. The largest absolute Gasteiger partial charge is 0.353 e. The van der Waals surface area contributed by atoms with Gasteiger partial charge in [0, 0.05) is 24.8 Å². The van der Waals surface area contributed by atoms with Crippen LogP contribution in [-0.4, -0.2) is 55.9 Å². The zero-order chi connectivity index (χ0) is 17.3. The van der Waals surface area contributed by atoms with E-state index < -0.39 is 0 Å². The smallest absolute Gasteiger partial charge is 0.267 e. The molecule has 1 fully saturated rings. The van der Waals surface area contributed by atoms with Gasteiger partial charge in [-0.15, -0.1) is 5.10 Å². The van der Waals surface area contributed by atoms with E-state index in [9.17, 15) is 14.4 Å². The molecule has 3 rings (SSSR count). The van der Waals surface area contributed by atoms with Crippen molar-refractivity contribution in [3.63, 3.8) is 0 Å². The normalized spacial score (nSPS) is 14.6. The first-order valence-corrected chi connectivity index (χ1v) is 7.60. The predicted molar refractivity (Wildman–Crippen MR) is 84.7 cm³/mol. The average Bonchev–Trinajstić information content (AvgIpc) is 2.88. The lowest BCUT2D eigenvalue weighted by Crippen LogP contribution is -2.51. The first kappa shape index (κ1) is 15.9. The summed E-state index contributed by atoms with van der Waals surface area (Å²) in [6.45, 7) is 4.39. The lowest BCUT2D eigenvalue weighted by atomic mass is 10.3. The van der Waals surface area contributed by atoms with Crippen LogP contribution in [0.4, 0.5) is 0 Å². The molecule has 0 bridgehead atoms. The van der Waals surface area contributed by atoms with Gasteiger partial charge in [0.05, 0.1) is 12.2 Å². The standard InChI is InChI=1S/C15H18N6O3/c1-10-7-11(2)21(17-10)12-3-4-14(23)20(18-12)9-15(24)19-6-5-16-13(22)8-19/h3-4,7H,5-6,8-9H2,1-2H3,(H,16,22). The van der Waals surface area contributed by atoms with Gasteiger partial charge in [-0.3, -0.25) is 14.4 Å². The Hall–Kier alpha value is -2.97. The molecule has 1 aliphatic heterocycles. The molecule has 0 saturated carbocycles. The summed E-state index contributed by atoms with van der Waals surface area (Å²) in [4.78, 5) is 37.1. The predicted octanol–water partition coefficient (Wildman–Crippen LogP) is -0.996. The average molecular weight is 330 g/mol. The highest BCUT2D eigenvalue weighted by molar-refractivity contribution is 5.85. The van der Waals surface area contributed by atoms with Crippen LogP contribution in [0.15, 0.2) is 23.0 Å². The summed E-state index contributed by atoms with van der Waals surface area (Å²) in [5, 5.41) is 11.2. The van der Waals surface area contributed by atoms with E-state index in [1.807, 2.05) is 19.9 Å². The summed E-state index contributed by atoms with van der Waals surface area (Å²) in [7, 11) is 0. The molecule has 0 spiro atoms. The third kappa shape index (κ3) is 3.19. The molecule has 0 atom stereocenters. The molecule has 1 aliphatic rings. The molecule has 1 saturated heterocycles. The van der Waals surface area contributed by atoms with E-state index in [1.54, 1.807) is 10.7 Å². The molecule has 0 unspecified atom stereocenters. The summed E-state index contributed by atoms with van der Waals surface area (Å²) in [5.41, 5.74) is 1.33. The topological polar surface area (TPSA) is 102 Å². The highest BCUT2D eigenvalue weighted by Crippen LogP contribution is 2.08. The molecule has 126 valence electrons. The van der Waals surface area contributed by atoms with E-state index in [0.29, 0.717) is 18.9 Å². The SMILES string of the molecule is Cc1cc(C)n(-c2ccc(=O)n(CC(=O)N3CCNC(=O)C3)n2)n1. The van der Waals surface area contributed by atoms with E-state index >= 15 is 0 Å². The number of rotatable bonds is 3. The lowest BCUT2D eigenvalue weighted by Gasteiger charge is -2.26. The molecule has 0 aromatic carbocycles. The molecule has 9 nitrogen and oxygen atoms in total. The fraction of sp³-hybridized carbons (Fsp3) is 0.400. The number of amides is 2. The Bertz CT molecular complexity index is 853. The van der Waals surface area contributed by atoms with Crippen molar-refractivity contribution in [3.8, 4) is 5.82 Å². The van der Waals surface area contributed by atoms with Gasteiger partial charge in [-0.2, -0.15) is 5.10 Å². The van der Waals surface area contributed by atoms with Crippen LogP contribution in [0.25, 0.3) is 5.82 Å². The number of hydrogen-bond donors (Lipinski definition) is 1. The Morgan fingerprint density at radius 1 is 1.25 bits per heavy atom. The van der Waals surface area contributed by atoms with Crippen molar-refractivity contribution < 1.29 is 9.59 Å². The highest BCUT2D eigenvalue weighted by atomic mass is 16.2. The van der Waals surface area contributed by atoms with Crippen LogP contribution in [0, 0.1) is 13.8 Å². The first-order chi connectivity index (χ1) is 11.4. The molecule has 0 radical (unpaired) electrons. The van der Waals surface area contributed by atoms with Crippen molar-refractivity contribution in [2.24, 2.45) is 0 Å². The number of hydrogen-bond acceptors (Lipinski definition) is 5. The first-order valence-electron chi connectivity index (χ1n) is 7.60. The van der Waals surface area contributed by atoms with Crippen molar-refractivity contribution in [3.05, 3.63) is 39.9 Å². The van der Waals surface area contributed by atoms with E-state index in [2.05, 4.69) is 15.5 Å². The Morgan fingerprint density at radius 3 is 2.71 bits per heavy atom. The summed E-state index contributed by atoms with van der Waals surface area (Å²) >= 11 is 0. The number of carbonyl (C=O) groups excluding carboxylic acids is 2. The second kappa shape index (κ2) is 6.26. The quantitative estimate of drug-likeness (QED) is 0.778. The third-order valence-electron chi connectivity index (χ3n) is 3.76. The molecular formula is C15H18N6O3. The molecule has 24 heavy (non-hydrogen) atoms. The molecule has 0 aliphatic carbocycles. The molecule has 2 aromatic heterocycles. The monoisotopic (exact) mass is 330 g/mol. The molecule has 2 amide bonds. The number of carbonyl (C=O) groups is 2. The van der Waals surface area contributed by atoms with E-state index in [4.69, 9.17) is 0 Å². The Kier molecular flexibility index (Phi) is 4.15. The van der Waals surface area contributed by atoms with Gasteiger partial charge in [0.2, 0.25) is 11.8 Å². The number of nitrogens with one attached hydrogen (secondary N) is 1. The molecule has 9 heteroatoms. The van der Waals surface area contributed by atoms with Crippen molar-refractivity contribution in [1.29, 1.82) is 0 Å². The number of piperazine rings is 1. The van der Waals surface area contributed by atoms with Gasteiger partial charge in [-0.05, 0) is 26.0 Å². The fourth-order valence-electron chi connectivity index (χ4n) is 2.60. The fourth-order valence-corrected chi connectivity index (χ4v) is 2.60. The number of nitrogens with zero attached hydrogens (tertiary/aromatic N) is 5. The van der Waals surface area contributed by atoms with Gasteiger partial charge < -0.3 is 10.2 Å². The Balaban J connectivity index is 1.84.